The number of carbonyl (C=O) groups excluding carboxylic acids is 1. The lowest BCUT2D eigenvalue weighted by Gasteiger charge is -2.36. The van der Waals surface area contributed by atoms with E-state index in [4.69, 9.17) is 5.21 Å². The molecule has 7 heteroatoms. The summed E-state index contributed by atoms with van der Waals surface area (Å²) in [4.78, 5) is 14.1. The van der Waals surface area contributed by atoms with E-state index in [2.05, 4.69) is 5.16 Å². The van der Waals surface area contributed by atoms with Crippen molar-refractivity contribution in [3.8, 4) is 0 Å². The average molecular weight is 306 g/mol. The van der Waals surface area contributed by atoms with Crippen LogP contribution in [0, 0.1) is 17.8 Å². The molecule has 120 valence electrons. The molecule has 2 fully saturated rings. The van der Waals surface area contributed by atoms with Crippen molar-refractivity contribution in [1.29, 1.82) is 0 Å². The van der Waals surface area contributed by atoms with Crippen molar-refractivity contribution in [1.82, 2.24) is 4.90 Å². The molecule has 1 N–H and O–H groups in total. The lowest BCUT2D eigenvalue weighted by Crippen LogP contribution is -2.47. The van der Waals surface area contributed by atoms with Gasteiger partial charge in [0, 0.05) is 31.3 Å². The number of rotatable bonds is 1. The Morgan fingerprint density at radius 2 is 2.10 bits per heavy atom. The van der Waals surface area contributed by atoms with E-state index in [1.54, 1.807) is 4.90 Å². The van der Waals surface area contributed by atoms with E-state index >= 15 is 0 Å². The summed E-state index contributed by atoms with van der Waals surface area (Å²) in [6, 6.07) is 0. The molecule has 1 heterocycles. The minimum atomic E-state index is -4.20. The van der Waals surface area contributed by atoms with Crippen LogP contribution in [0.5, 0.6) is 0 Å². The van der Waals surface area contributed by atoms with E-state index in [0.29, 0.717) is 38.1 Å². The zero-order valence-corrected chi connectivity index (χ0v) is 12.1. The minimum Gasteiger partial charge on any atom is -0.411 e. The summed E-state index contributed by atoms with van der Waals surface area (Å²) in [5.74, 6) is -2.09. The normalized spacial score (nSPS) is 33.2. The first-order valence-electron chi connectivity index (χ1n) is 7.39. The summed E-state index contributed by atoms with van der Waals surface area (Å²) in [5.41, 5.74) is 0.649. The summed E-state index contributed by atoms with van der Waals surface area (Å²) < 4.78 is 38.4. The topological polar surface area (TPSA) is 52.9 Å². The largest absolute Gasteiger partial charge is 0.411 e. The Morgan fingerprint density at radius 3 is 2.67 bits per heavy atom. The highest BCUT2D eigenvalue weighted by molar-refractivity contribution is 5.89. The van der Waals surface area contributed by atoms with Crippen LogP contribution < -0.4 is 0 Å². The van der Waals surface area contributed by atoms with Crippen molar-refractivity contribution in [2.24, 2.45) is 22.9 Å². The summed E-state index contributed by atoms with van der Waals surface area (Å²) in [5, 5.41) is 12.0. The third-order valence-corrected chi connectivity index (χ3v) is 4.63. The van der Waals surface area contributed by atoms with Gasteiger partial charge >= 0.3 is 6.18 Å². The Morgan fingerprint density at radius 1 is 1.38 bits per heavy atom. The lowest BCUT2D eigenvalue weighted by molar-refractivity contribution is -0.187. The van der Waals surface area contributed by atoms with Gasteiger partial charge in [-0.1, -0.05) is 18.5 Å². The van der Waals surface area contributed by atoms with E-state index in [9.17, 15) is 18.0 Å². The average Bonchev–Trinajstić information content (AvgIpc) is 2.45. The molecule has 0 aromatic rings. The Labute approximate surface area is 122 Å². The molecule has 4 nitrogen and oxygen atoms in total. The molecule has 0 aromatic heterocycles. The minimum absolute atomic E-state index is 0.0466. The maximum Gasteiger partial charge on any atom is 0.391 e. The predicted molar refractivity (Wildman–Crippen MR) is 71.1 cm³/mol. The van der Waals surface area contributed by atoms with Crippen LogP contribution in [0.15, 0.2) is 5.16 Å². The van der Waals surface area contributed by atoms with Gasteiger partial charge in [-0.05, 0) is 19.3 Å². The van der Waals surface area contributed by atoms with Crippen LogP contribution in [-0.4, -0.2) is 41.0 Å². The van der Waals surface area contributed by atoms with Crippen molar-refractivity contribution in [2.75, 3.05) is 13.1 Å². The summed E-state index contributed by atoms with van der Waals surface area (Å²) >= 11 is 0. The fraction of sp³-hybridized carbons (Fsp3) is 0.857. The lowest BCUT2D eigenvalue weighted by atomic mass is 9.80. The number of piperidine rings is 1. The molecule has 0 spiro atoms. The van der Waals surface area contributed by atoms with Crippen LogP contribution >= 0.6 is 0 Å². The molecular weight excluding hydrogens is 285 g/mol. The number of amides is 1. The monoisotopic (exact) mass is 306 g/mol. The van der Waals surface area contributed by atoms with E-state index < -0.39 is 18.0 Å². The molecule has 0 bridgehead atoms. The third kappa shape index (κ3) is 3.68. The van der Waals surface area contributed by atoms with Gasteiger partial charge in [-0.3, -0.25) is 4.79 Å². The second-order valence-corrected chi connectivity index (χ2v) is 6.13. The van der Waals surface area contributed by atoms with Crippen molar-refractivity contribution >= 4 is 11.6 Å². The maximum atomic E-state index is 12.8. The highest BCUT2D eigenvalue weighted by Crippen LogP contribution is 2.40. The molecule has 2 aliphatic rings. The summed E-state index contributed by atoms with van der Waals surface area (Å²) in [6.07, 6.45) is -2.69. The third-order valence-electron chi connectivity index (χ3n) is 4.63. The number of oxime groups is 1. The van der Waals surface area contributed by atoms with Crippen LogP contribution in [0.4, 0.5) is 13.2 Å². The summed E-state index contributed by atoms with van der Waals surface area (Å²) in [7, 11) is 0. The predicted octanol–water partition coefficient (Wildman–Crippen LogP) is 3.05. The number of halogens is 3. The van der Waals surface area contributed by atoms with Gasteiger partial charge < -0.3 is 10.1 Å². The Balaban J connectivity index is 1.97. The highest BCUT2D eigenvalue weighted by Gasteiger charge is 2.44. The van der Waals surface area contributed by atoms with E-state index in [1.807, 2.05) is 6.92 Å². The van der Waals surface area contributed by atoms with Crippen LogP contribution in [0.2, 0.25) is 0 Å². The molecule has 1 saturated heterocycles. The molecular formula is C14H21F3N2O2. The number of hydrogen-bond acceptors (Lipinski definition) is 3. The molecule has 3 unspecified atom stereocenters. The number of nitrogens with zero attached hydrogens (tertiary/aromatic N) is 2. The van der Waals surface area contributed by atoms with Crippen LogP contribution in [0.1, 0.15) is 39.0 Å². The van der Waals surface area contributed by atoms with Gasteiger partial charge in [0.2, 0.25) is 5.91 Å². The number of alkyl halides is 3. The molecule has 0 radical (unpaired) electrons. The fourth-order valence-corrected chi connectivity index (χ4v) is 3.34. The summed E-state index contributed by atoms with van der Waals surface area (Å²) in [6.45, 7) is 2.70. The Bertz CT molecular complexity index is 423. The van der Waals surface area contributed by atoms with E-state index in [0.717, 1.165) is 0 Å². The molecule has 2 rings (SSSR count). The highest BCUT2D eigenvalue weighted by atomic mass is 19.4. The van der Waals surface area contributed by atoms with Crippen LogP contribution in [0.25, 0.3) is 0 Å². The zero-order chi connectivity index (χ0) is 15.6. The van der Waals surface area contributed by atoms with E-state index in [1.165, 1.54) is 0 Å². The van der Waals surface area contributed by atoms with Gasteiger partial charge in [0.15, 0.2) is 0 Å². The number of carbonyl (C=O) groups is 1. The molecule has 21 heavy (non-hydrogen) atoms. The molecule has 1 saturated carbocycles. The van der Waals surface area contributed by atoms with Crippen molar-refractivity contribution in [2.45, 2.75) is 45.2 Å². The molecule has 0 aromatic carbocycles. The molecule has 3 atom stereocenters. The standard InChI is InChI=1S/C14H21F3N2O2/c1-9-8-19(6-5-12(9)18-21)13(20)10-3-2-4-11(7-10)14(15,16)17/h9-11,21H,2-8H2,1H3. The molecule has 1 amide bonds. The van der Waals surface area contributed by atoms with Crippen molar-refractivity contribution in [3.63, 3.8) is 0 Å². The SMILES string of the molecule is CC1CN(C(=O)C2CCCC(C(F)(F)F)C2)CCC1=NO. The van der Waals surface area contributed by atoms with Gasteiger partial charge in [0.1, 0.15) is 0 Å². The number of hydrogen-bond donors (Lipinski definition) is 1. The van der Waals surface area contributed by atoms with Crippen molar-refractivity contribution in [3.05, 3.63) is 0 Å². The Kier molecular flexibility index (Phi) is 4.78. The fourth-order valence-electron chi connectivity index (χ4n) is 3.34. The Hall–Kier alpha value is -1.27. The van der Waals surface area contributed by atoms with Gasteiger partial charge in [-0.15, -0.1) is 0 Å². The second kappa shape index (κ2) is 6.23. The molecule has 1 aliphatic heterocycles. The maximum absolute atomic E-state index is 12.8. The van der Waals surface area contributed by atoms with Crippen molar-refractivity contribution < 1.29 is 23.2 Å². The van der Waals surface area contributed by atoms with Gasteiger partial charge in [0.05, 0.1) is 11.6 Å². The zero-order valence-electron chi connectivity index (χ0n) is 12.1. The first-order chi connectivity index (χ1) is 9.82. The smallest absolute Gasteiger partial charge is 0.391 e. The van der Waals surface area contributed by atoms with Gasteiger partial charge in [0.25, 0.3) is 0 Å². The van der Waals surface area contributed by atoms with Crippen LogP contribution in [-0.2, 0) is 4.79 Å². The second-order valence-electron chi connectivity index (χ2n) is 6.13. The quantitative estimate of drug-likeness (QED) is 0.598. The first-order valence-corrected chi connectivity index (χ1v) is 7.39. The first kappa shape index (κ1) is 16.1. The van der Waals surface area contributed by atoms with Gasteiger partial charge in [-0.25, -0.2) is 0 Å². The molecule has 1 aliphatic carbocycles. The number of likely N-dealkylation sites (tertiary alicyclic amines) is 1. The van der Waals surface area contributed by atoms with E-state index in [-0.39, 0.29) is 24.7 Å². The van der Waals surface area contributed by atoms with Crippen LogP contribution in [0.3, 0.4) is 0 Å². The van der Waals surface area contributed by atoms with Gasteiger partial charge in [-0.2, -0.15) is 13.2 Å².